The summed E-state index contributed by atoms with van der Waals surface area (Å²) < 4.78 is 19.5. The molecule has 0 saturated heterocycles. The van der Waals surface area contributed by atoms with Gasteiger partial charge in [-0.1, -0.05) is 36.4 Å². The summed E-state index contributed by atoms with van der Waals surface area (Å²) in [6, 6.07) is 15.4. The monoisotopic (exact) mass is 303 g/mol. The van der Waals surface area contributed by atoms with E-state index >= 15 is 0 Å². The van der Waals surface area contributed by atoms with Gasteiger partial charge in [0.15, 0.2) is 0 Å². The van der Waals surface area contributed by atoms with Gasteiger partial charge in [0.25, 0.3) is 0 Å². The number of rotatable bonds is 5. The number of nitrogens with zero attached hydrogens (tertiary/aromatic N) is 2. The first kappa shape index (κ1) is 15.8. The Hall–Kier alpha value is -2.60. The molecule has 0 heterocycles. The summed E-state index contributed by atoms with van der Waals surface area (Å²) in [7, 11) is 0. The summed E-state index contributed by atoms with van der Waals surface area (Å²) in [5.41, 5.74) is 7.16. The number of nitrogen functional groups attached to an aromatic ring is 1. The van der Waals surface area contributed by atoms with Gasteiger partial charge in [-0.3, -0.25) is 0 Å². The molecule has 0 atom stereocenters. The maximum Gasteiger partial charge on any atom is 0.431 e. The number of nitrogens with two attached hydrogens (primary N) is 1. The molecule has 0 saturated carbocycles. The Kier molecular flexibility index (Phi) is 5.32. The molecular formula is C16H18FN3O2. The number of halogens is 1. The number of anilines is 2. The van der Waals surface area contributed by atoms with Crippen LogP contribution in [-0.4, -0.2) is 17.9 Å². The van der Waals surface area contributed by atoms with E-state index in [1.165, 1.54) is 6.07 Å². The highest BCUT2D eigenvalue weighted by Crippen LogP contribution is 2.22. The Morgan fingerprint density at radius 3 is 2.55 bits per heavy atom. The molecule has 0 bridgehead atoms. The van der Waals surface area contributed by atoms with Gasteiger partial charge in [0, 0.05) is 5.69 Å². The van der Waals surface area contributed by atoms with E-state index in [0.717, 1.165) is 10.6 Å². The molecule has 22 heavy (non-hydrogen) atoms. The molecule has 0 unspecified atom stereocenters. The quantitative estimate of drug-likeness (QED) is 0.521. The Labute approximate surface area is 128 Å². The van der Waals surface area contributed by atoms with Crippen molar-refractivity contribution in [2.24, 2.45) is 0 Å². The molecule has 1 amide bonds. The lowest BCUT2D eigenvalue weighted by Gasteiger charge is -2.27. The van der Waals surface area contributed by atoms with E-state index in [0.29, 0.717) is 16.6 Å². The lowest BCUT2D eigenvalue weighted by atomic mass is 10.2. The second-order valence-corrected chi connectivity index (χ2v) is 4.59. The molecule has 2 rings (SSSR count). The lowest BCUT2D eigenvalue weighted by molar-refractivity contribution is -0.000277. The van der Waals surface area contributed by atoms with Crippen molar-refractivity contribution in [3.05, 3.63) is 60.2 Å². The van der Waals surface area contributed by atoms with E-state index in [1.54, 1.807) is 49.4 Å². The van der Waals surface area contributed by atoms with Gasteiger partial charge in [0.05, 0.1) is 18.8 Å². The van der Waals surface area contributed by atoms with Gasteiger partial charge in [-0.05, 0) is 35.9 Å². The molecule has 0 aliphatic rings. The third-order valence-corrected chi connectivity index (χ3v) is 2.93. The standard InChI is InChI=1S/C16H18FN3O2/c1-2-22-16(21)20(15-10-6-9-14(18)11-15)19(17)12-13-7-4-3-5-8-13/h3-11H,2,12,18H2,1H3. The van der Waals surface area contributed by atoms with Crippen LogP contribution in [0.25, 0.3) is 0 Å². The first-order valence-electron chi connectivity index (χ1n) is 6.91. The summed E-state index contributed by atoms with van der Waals surface area (Å²) in [6.45, 7) is 1.72. The average molecular weight is 303 g/mol. The topological polar surface area (TPSA) is 58.8 Å². The van der Waals surface area contributed by atoms with Crippen LogP contribution in [0.4, 0.5) is 20.7 Å². The Morgan fingerprint density at radius 2 is 1.91 bits per heavy atom. The highest BCUT2D eigenvalue weighted by Gasteiger charge is 2.25. The van der Waals surface area contributed by atoms with Gasteiger partial charge in [-0.25, -0.2) is 4.79 Å². The largest absolute Gasteiger partial charge is 0.448 e. The van der Waals surface area contributed by atoms with Crippen molar-refractivity contribution in [2.75, 3.05) is 17.3 Å². The van der Waals surface area contributed by atoms with E-state index in [2.05, 4.69) is 0 Å². The molecule has 0 radical (unpaired) electrons. The zero-order valence-electron chi connectivity index (χ0n) is 12.3. The Morgan fingerprint density at radius 1 is 1.18 bits per heavy atom. The molecule has 2 aromatic rings. The van der Waals surface area contributed by atoms with Crippen molar-refractivity contribution in [3.8, 4) is 0 Å². The van der Waals surface area contributed by atoms with Crippen molar-refractivity contribution in [2.45, 2.75) is 13.5 Å². The normalized spacial score (nSPS) is 10.5. The van der Waals surface area contributed by atoms with Crippen molar-refractivity contribution in [1.82, 2.24) is 5.23 Å². The van der Waals surface area contributed by atoms with Crippen molar-refractivity contribution in [1.29, 1.82) is 0 Å². The van der Waals surface area contributed by atoms with Crippen LogP contribution in [0.2, 0.25) is 0 Å². The van der Waals surface area contributed by atoms with Gasteiger partial charge in [0.2, 0.25) is 0 Å². The third kappa shape index (κ3) is 3.95. The van der Waals surface area contributed by atoms with E-state index in [-0.39, 0.29) is 13.2 Å². The zero-order chi connectivity index (χ0) is 15.9. The first-order chi connectivity index (χ1) is 10.6. The Bertz CT molecular complexity index is 622. The minimum absolute atomic E-state index is 0.0888. The van der Waals surface area contributed by atoms with Crippen LogP contribution < -0.4 is 10.7 Å². The highest BCUT2D eigenvalue weighted by molar-refractivity contribution is 5.87. The van der Waals surface area contributed by atoms with Gasteiger partial charge < -0.3 is 10.5 Å². The predicted molar refractivity (Wildman–Crippen MR) is 83.4 cm³/mol. The molecule has 0 aliphatic carbocycles. The SMILES string of the molecule is CCOC(=O)N(c1cccc(N)c1)N(F)Cc1ccccc1. The number of amides is 1. The van der Waals surface area contributed by atoms with Crippen LogP contribution in [0.15, 0.2) is 54.6 Å². The predicted octanol–water partition coefficient (Wildman–Crippen LogP) is 3.53. The molecule has 2 aromatic carbocycles. The smallest absolute Gasteiger partial charge is 0.431 e. The minimum Gasteiger partial charge on any atom is -0.448 e. The fourth-order valence-corrected chi connectivity index (χ4v) is 1.97. The van der Waals surface area contributed by atoms with E-state index in [1.807, 2.05) is 6.07 Å². The second-order valence-electron chi connectivity index (χ2n) is 4.59. The van der Waals surface area contributed by atoms with Crippen LogP contribution in [0.3, 0.4) is 0 Å². The maximum absolute atomic E-state index is 14.6. The van der Waals surface area contributed by atoms with Gasteiger partial charge in [-0.15, -0.1) is 4.48 Å². The number of carbonyl (C=O) groups excluding carboxylic acids is 1. The number of hydrazine groups is 1. The number of carbonyl (C=O) groups is 1. The number of ether oxygens (including phenoxy) is 1. The van der Waals surface area contributed by atoms with E-state index in [4.69, 9.17) is 10.5 Å². The van der Waals surface area contributed by atoms with Crippen LogP contribution in [-0.2, 0) is 11.3 Å². The number of hydrogen-bond acceptors (Lipinski definition) is 4. The van der Waals surface area contributed by atoms with E-state index in [9.17, 15) is 9.28 Å². The number of benzene rings is 2. The number of hydrogen-bond donors (Lipinski definition) is 1. The maximum atomic E-state index is 14.6. The van der Waals surface area contributed by atoms with Gasteiger partial charge in [-0.2, -0.15) is 5.01 Å². The van der Waals surface area contributed by atoms with Crippen molar-refractivity contribution >= 4 is 17.5 Å². The highest BCUT2D eigenvalue weighted by atomic mass is 19.2. The van der Waals surface area contributed by atoms with Gasteiger partial charge in [0.1, 0.15) is 0 Å². The molecule has 0 aromatic heterocycles. The fraction of sp³-hybridized carbons (Fsp3) is 0.188. The van der Waals surface area contributed by atoms with E-state index < -0.39 is 6.09 Å². The van der Waals surface area contributed by atoms with Crippen LogP contribution in [0, 0.1) is 0 Å². The molecule has 5 nitrogen and oxygen atoms in total. The minimum atomic E-state index is -0.800. The first-order valence-corrected chi connectivity index (χ1v) is 6.91. The lowest BCUT2D eigenvalue weighted by Crippen LogP contribution is -2.42. The zero-order valence-corrected chi connectivity index (χ0v) is 12.3. The summed E-state index contributed by atoms with van der Waals surface area (Å²) in [5, 5.41) is 1.13. The van der Waals surface area contributed by atoms with Crippen LogP contribution >= 0.6 is 0 Å². The molecule has 6 heteroatoms. The molecule has 0 spiro atoms. The molecule has 116 valence electrons. The van der Waals surface area contributed by atoms with Gasteiger partial charge >= 0.3 is 6.09 Å². The van der Waals surface area contributed by atoms with Crippen LogP contribution in [0.5, 0.6) is 0 Å². The molecule has 0 aliphatic heterocycles. The Balaban J connectivity index is 2.25. The molecule has 2 N–H and O–H groups in total. The molecule has 0 fully saturated rings. The summed E-state index contributed by atoms with van der Waals surface area (Å²) in [4.78, 5) is 12.1. The van der Waals surface area contributed by atoms with Crippen molar-refractivity contribution in [3.63, 3.8) is 0 Å². The molecular weight excluding hydrogens is 285 g/mol. The summed E-state index contributed by atoms with van der Waals surface area (Å²) in [6.07, 6.45) is -0.800. The second kappa shape index (κ2) is 7.42. The fourth-order valence-electron chi connectivity index (χ4n) is 1.97. The third-order valence-electron chi connectivity index (χ3n) is 2.93. The van der Waals surface area contributed by atoms with Crippen molar-refractivity contribution < 1.29 is 14.0 Å². The summed E-state index contributed by atoms with van der Waals surface area (Å²) >= 11 is 0. The van der Waals surface area contributed by atoms with Crippen LogP contribution in [0.1, 0.15) is 12.5 Å². The summed E-state index contributed by atoms with van der Waals surface area (Å²) in [5.74, 6) is 0. The average Bonchev–Trinajstić information content (AvgIpc) is 2.49.